The number of rotatable bonds is 3. The summed E-state index contributed by atoms with van der Waals surface area (Å²) in [6.45, 7) is 2.07. The molecule has 2 aromatic carbocycles. The Balaban J connectivity index is 1.54. The standard InChI is InChI=1S/C18H14N2O3S/c1-11(12-6-7-15-16(8-12)23-10-22-15)19-20-18(21)14-9-24-17-5-3-2-4-13(14)17/h2-9H,10H2,1H3,(H,20,21)/b19-11+. The third-order valence-corrected chi connectivity index (χ3v) is 4.80. The SMILES string of the molecule is C/C(=N\NC(=O)c1csc2ccccc12)c1ccc2c(c1)OCO2. The summed E-state index contributed by atoms with van der Waals surface area (Å²) >= 11 is 1.55. The van der Waals surface area contributed by atoms with Crippen LogP contribution >= 0.6 is 11.3 Å². The van der Waals surface area contributed by atoms with Crippen molar-refractivity contribution in [2.24, 2.45) is 5.10 Å². The maximum absolute atomic E-state index is 12.4. The molecule has 2 heterocycles. The molecule has 0 bridgehead atoms. The van der Waals surface area contributed by atoms with Crippen molar-refractivity contribution in [3.05, 3.63) is 59.0 Å². The number of hydrogen-bond acceptors (Lipinski definition) is 5. The highest BCUT2D eigenvalue weighted by atomic mass is 32.1. The molecule has 1 aliphatic rings. The molecule has 3 aromatic rings. The van der Waals surface area contributed by atoms with Crippen LogP contribution < -0.4 is 14.9 Å². The second-order valence-electron chi connectivity index (χ2n) is 5.35. The average Bonchev–Trinajstić information content (AvgIpc) is 3.25. The first-order valence-electron chi connectivity index (χ1n) is 7.43. The zero-order valence-corrected chi connectivity index (χ0v) is 13.7. The number of hydrogen-bond donors (Lipinski definition) is 1. The minimum atomic E-state index is -0.215. The van der Waals surface area contributed by atoms with Gasteiger partial charge in [0.2, 0.25) is 6.79 Å². The third kappa shape index (κ3) is 2.61. The lowest BCUT2D eigenvalue weighted by Gasteiger charge is -2.04. The highest BCUT2D eigenvalue weighted by Gasteiger charge is 2.15. The monoisotopic (exact) mass is 338 g/mol. The summed E-state index contributed by atoms with van der Waals surface area (Å²) in [5, 5.41) is 7.00. The normalized spacial score (nSPS) is 13.3. The number of hydrazone groups is 1. The van der Waals surface area contributed by atoms with E-state index >= 15 is 0 Å². The van der Waals surface area contributed by atoms with Crippen LogP contribution in [0.25, 0.3) is 10.1 Å². The van der Waals surface area contributed by atoms with Crippen LogP contribution in [0, 0.1) is 0 Å². The van der Waals surface area contributed by atoms with E-state index in [1.165, 1.54) is 0 Å². The number of nitrogens with one attached hydrogen (secondary N) is 1. The van der Waals surface area contributed by atoms with Gasteiger partial charge in [0.25, 0.3) is 5.91 Å². The van der Waals surface area contributed by atoms with E-state index in [0.717, 1.165) is 21.4 Å². The Hall–Kier alpha value is -2.86. The molecule has 6 heteroatoms. The molecule has 0 aliphatic carbocycles. The molecule has 4 rings (SSSR count). The Bertz CT molecular complexity index is 962. The van der Waals surface area contributed by atoms with Gasteiger partial charge >= 0.3 is 0 Å². The highest BCUT2D eigenvalue weighted by Crippen LogP contribution is 2.32. The zero-order valence-electron chi connectivity index (χ0n) is 12.9. The van der Waals surface area contributed by atoms with E-state index in [2.05, 4.69) is 10.5 Å². The largest absolute Gasteiger partial charge is 0.454 e. The van der Waals surface area contributed by atoms with Gasteiger partial charge in [0, 0.05) is 21.0 Å². The van der Waals surface area contributed by atoms with Gasteiger partial charge in [-0.3, -0.25) is 4.79 Å². The van der Waals surface area contributed by atoms with Gasteiger partial charge in [-0.2, -0.15) is 5.10 Å². The molecule has 0 fully saturated rings. The first kappa shape index (κ1) is 14.7. The van der Waals surface area contributed by atoms with Gasteiger partial charge in [0.15, 0.2) is 11.5 Å². The maximum Gasteiger partial charge on any atom is 0.272 e. The number of benzene rings is 2. The number of ether oxygens (including phenoxy) is 2. The van der Waals surface area contributed by atoms with Crippen molar-refractivity contribution >= 4 is 33.0 Å². The van der Waals surface area contributed by atoms with Crippen LogP contribution in [0.2, 0.25) is 0 Å². The summed E-state index contributed by atoms with van der Waals surface area (Å²) in [5.41, 5.74) is 4.83. The third-order valence-electron chi connectivity index (χ3n) is 3.84. The number of carbonyl (C=O) groups is 1. The van der Waals surface area contributed by atoms with Gasteiger partial charge in [-0.05, 0) is 31.2 Å². The Morgan fingerprint density at radius 2 is 2.00 bits per heavy atom. The summed E-state index contributed by atoms with van der Waals surface area (Å²) in [6.07, 6.45) is 0. The number of fused-ring (bicyclic) bond motifs is 2. The lowest BCUT2D eigenvalue weighted by Crippen LogP contribution is -2.18. The maximum atomic E-state index is 12.4. The van der Waals surface area contributed by atoms with Gasteiger partial charge < -0.3 is 9.47 Å². The molecule has 1 amide bonds. The van der Waals surface area contributed by atoms with E-state index < -0.39 is 0 Å². The molecule has 0 atom stereocenters. The first-order valence-corrected chi connectivity index (χ1v) is 8.31. The Morgan fingerprint density at radius 1 is 1.17 bits per heavy atom. The van der Waals surface area contributed by atoms with E-state index in [1.54, 1.807) is 11.3 Å². The average molecular weight is 338 g/mol. The van der Waals surface area contributed by atoms with Gasteiger partial charge in [-0.1, -0.05) is 18.2 Å². The molecule has 24 heavy (non-hydrogen) atoms. The van der Waals surface area contributed by atoms with E-state index in [-0.39, 0.29) is 12.7 Å². The number of amides is 1. The molecule has 1 N–H and O–H groups in total. The zero-order chi connectivity index (χ0) is 16.5. The molecule has 0 radical (unpaired) electrons. The van der Waals surface area contributed by atoms with Gasteiger partial charge in [-0.25, -0.2) is 5.43 Å². The van der Waals surface area contributed by atoms with Crippen LogP contribution in [-0.4, -0.2) is 18.4 Å². The molecule has 0 unspecified atom stereocenters. The molecule has 120 valence electrons. The molecule has 1 aliphatic heterocycles. The Labute approximate surface area is 142 Å². The number of carbonyl (C=O) groups excluding carboxylic acids is 1. The predicted octanol–water partition coefficient (Wildman–Crippen LogP) is 3.78. The summed E-state index contributed by atoms with van der Waals surface area (Å²) in [5.74, 6) is 1.20. The van der Waals surface area contributed by atoms with Crippen LogP contribution in [0.3, 0.4) is 0 Å². The van der Waals surface area contributed by atoms with Crippen LogP contribution in [0.4, 0.5) is 0 Å². The summed E-state index contributed by atoms with van der Waals surface area (Å²) < 4.78 is 11.7. The van der Waals surface area contributed by atoms with Crippen molar-refractivity contribution in [1.29, 1.82) is 0 Å². The van der Waals surface area contributed by atoms with E-state index in [0.29, 0.717) is 17.0 Å². The minimum Gasteiger partial charge on any atom is -0.454 e. The summed E-state index contributed by atoms with van der Waals surface area (Å²) in [7, 11) is 0. The topological polar surface area (TPSA) is 59.9 Å². The Kier molecular flexibility index (Phi) is 3.66. The minimum absolute atomic E-state index is 0.215. The first-order chi connectivity index (χ1) is 11.7. The smallest absolute Gasteiger partial charge is 0.272 e. The second-order valence-corrected chi connectivity index (χ2v) is 6.26. The molecule has 1 aromatic heterocycles. The number of thiophene rings is 1. The lowest BCUT2D eigenvalue weighted by molar-refractivity contribution is 0.0957. The van der Waals surface area contributed by atoms with Gasteiger partial charge in [0.1, 0.15) is 0 Å². The van der Waals surface area contributed by atoms with Crippen molar-refractivity contribution in [3.63, 3.8) is 0 Å². The molecule has 0 saturated carbocycles. The van der Waals surface area contributed by atoms with E-state index in [4.69, 9.17) is 9.47 Å². The Morgan fingerprint density at radius 3 is 2.92 bits per heavy atom. The highest BCUT2D eigenvalue weighted by molar-refractivity contribution is 7.17. The van der Waals surface area contributed by atoms with Crippen LogP contribution in [0.15, 0.2) is 52.9 Å². The van der Waals surface area contributed by atoms with Gasteiger partial charge in [0.05, 0.1) is 11.3 Å². The van der Waals surface area contributed by atoms with Crippen LogP contribution in [-0.2, 0) is 0 Å². The number of nitrogens with zero attached hydrogens (tertiary/aromatic N) is 1. The van der Waals surface area contributed by atoms with Crippen molar-refractivity contribution in [2.45, 2.75) is 6.92 Å². The fraction of sp³-hybridized carbons (Fsp3) is 0.111. The molecule has 5 nitrogen and oxygen atoms in total. The quantitative estimate of drug-likeness (QED) is 0.584. The van der Waals surface area contributed by atoms with Crippen molar-refractivity contribution in [3.8, 4) is 11.5 Å². The molecular weight excluding hydrogens is 324 g/mol. The second kappa shape index (κ2) is 5.98. The van der Waals surface area contributed by atoms with Crippen molar-refractivity contribution < 1.29 is 14.3 Å². The summed E-state index contributed by atoms with van der Waals surface area (Å²) in [6, 6.07) is 13.4. The van der Waals surface area contributed by atoms with Crippen molar-refractivity contribution in [2.75, 3.05) is 6.79 Å². The molecule has 0 spiro atoms. The molecular formula is C18H14N2O3S. The molecule has 0 saturated heterocycles. The van der Waals surface area contributed by atoms with Crippen molar-refractivity contribution in [1.82, 2.24) is 5.43 Å². The van der Waals surface area contributed by atoms with Crippen LogP contribution in [0.1, 0.15) is 22.8 Å². The van der Waals surface area contributed by atoms with Crippen LogP contribution in [0.5, 0.6) is 11.5 Å². The fourth-order valence-corrected chi connectivity index (χ4v) is 3.48. The predicted molar refractivity (Wildman–Crippen MR) is 94.1 cm³/mol. The van der Waals surface area contributed by atoms with Gasteiger partial charge in [-0.15, -0.1) is 11.3 Å². The van der Waals surface area contributed by atoms with E-state index in [9.17, 15) is 4.79 Å². The summed E-state index contributed by atoms with van der Waals surface area (Å²) in [4.78, 5) is 12.4. The van der Waals surface area contributed by atoms with E-state index in [1.807, 2.05) is 54.8 Å². The fourth-order valence-electron chi connectivity index (χ4n) is 2.53. The lowest BCUT2D eigenvalue weighted by atomic mass is 10.1.